The van der Waals surface area contributed by atoms with Crippen LogP contribution in [0.5, 0.6) is 0 Å². The van der Waals surface area contributed by atoms with Crippen molar-refractivity contribution in [3.05, 3.63) is 24.2 Å². The lowest BCUT2D eigenvalue weighted by molar-refractivity contribution is -0.163. The average molecular weight is 417 g/mol. The number of hydrogen-bond donors (Lipinski definition) is 2. The minimum Gasteiger partial charge on any atom is -0.463 e. The van der Waals surface area contributed by atoms with E-state index in [0.29, 0.717) is 5.52 Å². The maximum Gasteiger partial charge on any atom is 0.308 e. The predicted octanol–water partition coefficient (Wildman–Crippen LogP) is 0.311. The van der Waals surface area contributed by atoms with E-state index >= 15 is 0 Å². The van der Waals surface area contributed by atoms with Crippen molar-refractivity contribution < 1.29 is 28.9 Å². The lowest BCUT2D eigenvalue weighted by Gasteiger charge is -2.25. The number of carbonyl (C=O) groups is 2. The summed E-state index contributed by atoms with van der Waals surface area (Å²) in [5.41, 5.74) is 4.50. The largest absolute Gasteiger partial charge is 0.463 e. The first-order valence-corrected chi connectivity index (χ1v) is 9.47. The van der Waals surface area contributed by atoms with Crippen molar-refractivity contribution in [2.75, 3.05) is 12.3 Å². The number of aliphatic hydroxyl groups excluding tert-OH is 1. The van der Waals surface area contributed by atoms with Crippen LogP contribution in [0.25, 0.3) is 5.52 Å². The quantitative estimate of drug-likeness (QED) is 0.625. The van der Waals surface area contributed by atoms with Crippen molar-refractivity contribution in [1.82, 2.24) is 14.6 Å². The Bertz CT molecular complexity index is 999. The van der Waals surface area contributed by atoms with E-state index in [4.69, 9.17) is 19.9 Å². The second kappa shape index (κ2) is 8.25. The summed E-state index contributed by atoms with van der Waals surface area (Å²) in [7, 11) is 0. The average Bonchev–Trinajstić information content (AvgIpc) is 3.27. The number of carbonyl (C=O) groups excluding carboxylic acids is 2. The Morgan fingerprint density at radius 3 is 2.83 bits per heavy atom. The van der Waals surface area contributed by atoms with Crippen molar-refractivity contribution >= 4 is 23.3 Å². The molecule has 0 aliphatic carbocycles. The van der Waals surface area contributed by atoms with Gasteiger partial charge >= 0.3 is 11.9 Å². The van der Waals surface area contributed by atoms with Crippen LogP contribution in [-0.2, 0) is 29.4 Å². The third-order valence-electron chi connectivity index (χ3n) is 4.88. The number of fused-ring (bicyclic) bond motifs is 1. The third kappa shape index (κ3) is 3.55. The second-order valence-electron chi connectivity index (χ2n) is 7.20. The highest BCUT2D eigenvalue weighted by Crippen LogP contribution is 2.42. The molecule has 160 valence electrons. The summed E-state index contributed by atoms with van der Waals surface area (Å²) in [5, 5.41) is 25.2. The molecule has 2 aromatic rings. The first-order valence-electron chi connectivity index (χ1n) is 9.47. The number of nitrogen functional groups attached to an aromatic ring is 1. The molecule has 0 unspecified atom stereocenters. The van der Waals surface area contributed by atoms with E-state index in [1.165, 1.54) is 16.9 Å². The summed E-state index contributed by atoms with van der Waals surface area (Å²) >= 11 is 0. The smallest absolute Gasteiger partial charge is 0.308 e. The summed E-state index contributed by atoms with van der Waals surface area (Å²) in [4.78, 5) is 27.7. The molecule has 30 heavy (non-hydrogen) atoms. The van der Waals surface area contributed by atoms with Crippen LogP contribution in [0, 0.1) is 17.2 Å². The van der Waals surface area contributed by atoms with Gasteiger partial charge in [-0.25, -0.2) is 9.50 Å². The zero-order valence-corrected chi connectivity index (χ0v) is 16.8. The zero-order chi connectivity index (χ0) is 22.1. The molecule has 0 amide bonds. The highest BCUT2D eigenvalue weighted by molar-refractivity contribution is 5.72. The van der Waals surface area contributed by atoms with Gasteiger partial charge < -0.3 is 25.1 Å². The van der Waals surface area contributed by atoms with E-state index in [1.54, 1.807) is 26.8 Å². The van der Waals surface area contributed by atoms with E-state index in [2.05, 4.69) is 10.1 Å². The molecule has 11 heteroatoms. The highest BCUT2D eigenvalue weighted by atomic mass is 16.6. The van der Waals surface area contributed by atoms with Crippen LogP contribution < -0.4 is 5.73 Å². The fourth-order valence-electron chi connectivity index (χ4n) is 3.22. The molecule has 1 aliphatic heterocycles. The number of esters is 2. The minimum absolute atomic E-state index is 0.134. The molecule has 4 atom stereocenters. The molecule has 1 aliphatic rings. The van der Waals surface area contributed by atoms with E-state index in [0.717, 1.165) is 0 Å². The van der Waals surface area contributed by atoms with Crippen LogP contribution >= 0.6 is 0 Å². The van der Waals surface area contributed by atoms with Gasteiger partial charge in [-0.2, -0.15) is 10.4 Å². The van der Waals surface area contributed by atoms with Gasteiger partial charge in [0, 0.05) is 6.42 Å². The third-order valence-corrected chi connectivity index (χ3v) is 4.88. The van der Waals surface area contributed by atoms with Crippen molar-refractivity contribution in [2.45, 2.75) is 51.1 Å². The van der Waals surface area contributed by atoms with Crippen molar-refractivity contribution in [3.8, 4) is 6.07 Å². The van der Waals surface area contributed by atoms with Gasteiger partial charge in [-0.3, -0.25) is 9.59 Å². The van der Waals surface area contributed by atoms with Gasteiger partial charge in [0.1, 0.15) is 36.7 Å². The molecule has 0 bridgehead atoms. The predicted molar refractivity (Wildman–Crippen MR) is 102 cm³/mol. The zero-order valence-electron chi connectivity index (χ0n) is 16.8. The molecule has 0 spiro atoms. The monoisotopic (exact) mass is 417 g/mol. The molecule has 11 nitrogen and oxygen atoms in total. The van der Waals surface area contributed by atoms with Gasteiger partial charge in [-0.05, 0) is 12.1 Å². The Labute approximate surface area is 172 Å². The second-order valence-corrected chi connectivity index (χ2v) is 7.20. The number of nitrogens with two attached hydrogens (primary N) is 1. The molecule has 3 N–H and O–H groups in total. The molecular formula is C19H23N5O6. The molecule has 3 heterocycles. The van der Waals surface area contributed by atoms with Gasteiger partial charge in [0.05, 0.1) is 11.6 Å². The number of ether oxygens (including phenoxy) is 3. The summed E-state index contributed by atoms with van der Waals surface area (Å²) in [5.74, 6) is -1.39. The Morgan fingerprint density at radius 2 is 2.20 bits per heavy atom. The molecule has 1 fully saturated rings. The number of nitrogens with zero attached hydrogens (tertiary/aromatic N) is 4. The Kier molecular flexibility index (Phi) is 5.91. The number of rotatable bonds is 6. The Hall–Kier alpha value is -3.23. The normalized spacial score (nSPS) is 25.9. The molecule has 0 radical (unpaired) electrons. The molecular weight excluding hydrogens is 394 g/mol. The van der Waals surface area contributed by atoms with Gasteiger partial charge in [0.15, 0.2) is 11.9 Å². The van der Waals surface area contributed by atoms with E-state index in [9.17, 15) is 20.0 Å². The van der Waals surface area contributed by atoms with Gasteiger partial charge in [0.25, 0.3) is 0 Å². The molecule has 3 rings (SSSR count). The topological polar surface area (TPSA) is 162 Å². The fourth-order valence-corrected chi connectivity index (χ4v) is 3.22. The lowest BCUT2D eigenvalue weighted by atomic mass is 9.92. The molecule has 2 aromatic heterocycles. The summed E-state index contributed by atoms with van der Waals surface area (Å²) in [6.07, 6.45) is -2.55. The number of hydrogen-bond acceptors (Lipinski definition) is 10. The van der Waals surface area contributed by atoms with Crippen molar-refractivity contribution in [2.24, 2.45) is 5.92 Å². The first-order chi connectivity index (χ1) is 14.2. The summed E-state index contributed by atoms with van der Waals surface area (Å²) in [6, 6.07) is 5.08. The minimum atomic E-state index is -1.95. The Morgan fingerprint density at radius 1 is 1.47 bits per heavy atom. The maximum absolute atomic E-state index is 12.2. The van der Waals surface area contributed by atoms with Crippen molar-refractivity contribution in [1.29, 1.82) is 5.26 Å². The molecule has 0 aromatic carbocycles. The van der Waals surface area contributed by atoms with Gasteiger partial charge in [0.2, 0.25) is 5.60 Å². The van der Waals surface area contributed by atoms with Crippen LogP contribution in [-0.4, -0.2) is 56.6 Å². The first kappa shape index (κ1) is 21.5. The maximum atomic E-state index is 12.2. The highest BCUT2D eigenvalue weighted by Gasteiger charge is 2.60. The van der Waals surface area contributed by atoms with Crippen LogP contribution in [0.4, 0.5) is 5.82 Å². The van der Waals surface area contributed by atoms with Crippen LogP contribution in [0.3, 0.4) is 0 Å². The number of anilines is 1. The summed E-state index contributed by atoms with van der Waals surface area (Å²) < 4.78 is 17.8. The van der Waals surface area contributed by atoms with Crippen LogP contribution in [0.15, 0.2) is 18.5 Å². The Balaban J connectivity index is 2.03. The standard InChI is InChI=1S/C19H23N5O6/c1-4-14(25)28-7-12-15(29-18(27)10(2)3)16(26)19(8-20,30-12)13-6-5-11-17(21)22-9-23-24(11)13/h5-6,9-10,12,15-16,26H,4,7H2,1-3H3,(H2,21,22,23)/t12-,15-,16-,19+/m1/s1. The number of aliphatic hydroxyl groups is 1. The van der Waals surface area contributed by atoms with Crippen LogP contribution in [0.1, 0.15) is 32.9 Å². The van der Waals surface area contributed by atoms with Crippen molar-refractivity contribution in [3.63, 3.8) is 0 Å². The van der Waals surface area contributed by atoms with E-state index < -0.39 is 41.8 Å². The summed E-state index contributed by atoms with van der Waals surface area (Å²) in [6.45, 7) is 4.59. The van der Waals surface area contributed by atoms with E-state index in [-0.39, 0.29) is 24.5 Å². The van der Waals surface area contributed by atoms with Gasteiger partial charge in [-0.1, -0.05) is 20.8 Å². The number of nitriles is 1. The molecule has 0 saturated carbocycles. The molecule has 1 saturated heterocycles. The number of aromatic nitrogens is 3. The van der Waals surface area contributed by atoms with Crippen LogP contribution in [0.2, 0.25) is 0 Å². The van der Waals surface area contributed by atoms with E-state index in [1.807, 2.05) is 6.07 Å². The van der Waals surface area contributed by atoms with Gasteiger partial charge in [-0.15, -0.1) is 0 Å². The fraction of sp³-hybridized carbons (Fsp3) is 0.526. The SMILES string of the molecule is CCC(=O)OC[C@H]1O[C@@](C#N)(c2ccc3c(N)ncnn23)[C@H](O)[C@@H]1OC(=O)C(C)C. The lowest BCUT2D eigenvalue weighted by Crippen LogP contribution is -2.43.